The largest absolute Gasteiger partial charge is 0.468 e. The lowest BCUT2D eigenvalue weighted by Crippen LogP contribution is -2.36. The number of nitrogens with one attached hydrogen (secondary N) is 2. The summed E-state index contributed by atoms with van der Waals surface area (Å²) in [5, 5.41) is 6.31. The van der Waals surface area contributed by atoms with Crippen molar-refractivity contribution in [2.75, 3.05) is 13.7 Å². The topological polar surface area (TPSA) is 58.5 Å². The van der Waals surface area contributed by atoms with Gasteiger partial charge in [-0.15, -0.1) is 24.0 Å². The third-order valence-electron chi connectivity index (χ3n) is 3.57. The molecular weight excluding hydrogens is 472 g/mol. The van der Waals surface area contributed by atoms with Crippen molar-refractivity contribution in [1.82, 2.24) is 15.6 Å². The number of rotatable bonds is 6. The second kappa shape index (κ2) is 11.0. The summed E-state index contributed by atoms with van der Waals surface area (Å²) in [5.41, 5.74) is 3.06. The van der Waals surface area contributed by atoms with E-state index in [1.165, 1.54) is 17.8 Å². The highest BCUT2D eigenvalue weighted by Crippen LogP contribution is 2.17. The number of benzene rings is 1. The van der Waals surface area contributed by atoms with E-state index < -0.39 is 12.8 Å². The summed E-state index contributed by atoms with van der Waals surface area (Å²) < 4.78 is 41.3. The molecule has 1 aromatic heterocycles. The van der Waals surface area contributed by atoms with Crippen LogP contribution in [0.3, 0.4) is 0 Å². The number of pyridine rings is 1. The number of hydrogen-bond donors (Lipinski definition) is 2. The van der Waals surface area contributed by atoms with Gasteiger partial charge in [-0.2, -0.15) is 13.2 Å². The Morgan fingerprint density at radius 2 is 1.85 bits per heavy atom. The minimum absolute atomic E-state index is 0. The lowest BCUT2D eigenvalue weighted by molar-refractivity contribution is -0.154. The molecule has 5 nitrogen and oxygen atoms in total. The summed E-state index contributed by atoms with van der Waals surface area (Å²) in [6.07, 6.45) is -2.98. The normalized spacial score (nSPS) is 11.5. The van der Waals surface area contributed by atoms with Crippen molar-refractivity contribution in [3.63, 3.8) is 0 Å². The number of nitrogens with zero attached hydrogens (tertiary/aromatic N) is 2. The number of aryl methyl sites for hydroxylation is 1. The SMILES string of the molecule is CN=C(NCc1ccnc(OCC(F)(F)F)c1)NCc1ccccc1C.I. The molecule has 148 valence electrons. The Morgan fingerprint density at radius 1 is 1.15 bits per heavy atom. The Morgan fingerprint density at radius 3 is 2.52 bits per heavy atom. The lowest BCUT2D eigenvalue weighted by atomic mass is 10.1. The Kier molecular flexibility index (Phi) is 9.33. The quantitative estimate of drug-likeness (QED) is 0.365. The molecule has 0 atom stereocenters. The van der Waals surface area contributed by atoms with Crippen LogP contribution in [0.15, 0.2) is 47.6 Å². The number of halogens is 4. The van der Waals surface area contributed by atoms with E-state index in [-0.39, 0.29) is 29.9 Å². The van der Waals surface area contributed by atoms with Gasteiger partial charge in [0, 0.05) is 32.4 Å². The van der Waals surface area contributed by atoms with E-state index in [4.69, 9.17) is 0 Å². The van der Waals surface area contributed by atoms with Crippen molar-refractivity contribution in [2.45, 2.75) is 26.2 Å². The number of ether oxygens (including phenoxy) is 1. The second-order valence-electron chi connectivity index (χ2n) is 5.61. The van der Waals surface area contributed by atoms with Gasteiger partial charge in [0.25, 0.3) is 0 Å². The molecule has 27 heavy (non-hydrogen) atoms. The molecule has 0 unspecified atom stereocenters. The molecule has 0 bridgehead atoms. The van der Waals surface area contributed by atoms with Crippen LogP contribution >= 0.6 is 24.0 Å². The molecule has 0 saturated heterocycles. The summed E-state index contributed by atoms with van der Waals surface area (Å²) in [7, 11) is 1.65. The Hall–Kier alpha value is -2.04. The highest BCUT2D eigenvalue weighted by Gasteiger charge is 2.28. The van der Waals surface area contributed by atoms with Gasteiger partial charge in [-0.1, -0.05) is 24.3 Å². The molecular formula is C18H22F3IN4O. The van der Waals surface area contributed by atoms with Crippen LogP contribution in [0.4, 0.5) is 13.2 Å². The number of hydrogen-bond acceptors (Lipinski definition) is 3. The molecule has 0 fully saturated rings. The first-order chi connectivity index (χ1) is 12.4. The zero-order chi connectivity index (χ0) is 19.0. The molecule has 0 aliphatic rings. The monoisotopic (exact) mass is 494 g/mol. The molecule has 0 aliphatic heterocycles. The standard InChI is InChI=1S/C18H21F3N4O.HI/c1-13-5-3-4-6-15(13)11-25-17(22-2)24-10-14-7-8-23-16(9-14)26-12-18(19,20)21;/h3-9H,10-12H2,1-2H3,(H2,22,24,25);1H. The number of alkyl halides is 3. The molecule has 0 amide bonds. The van der Waals surface area contributed by atoms with Crippen LogP contribution < -0.4 is 15.4 Å². The molecule has 0 spiro atoms. The van der Waals surface area contributed by atoms with Gasteiger partial charge >= 0.3 is 6.18 Å². The van der Waals surface area contributed by atoms with E-state index in [2.05, 4.69) is 25.3 Å². The van der Waals surface area contributed by atoms with Gasteiger partial charge in [0.1, 0.15) is 0 Å². The van der Waals surface area contributed by atoms with E-state index in [9.17, 15) is 13.2 Å². The predicted octanol–water partition coefficient (Wildman–Crippen LogP) is 3.81. The maximum absolute atomic E-state index is 12.2. The van der Waals surface area contributed by atoms with Crippen molar-refractivity contribution in [1.29, 1.82) is 0 Å². The fourth-order valence-corrected chi connectivity index (χ4v) is 2.19. The zero-order valence-electron chi connectivity index (χ0n) is 15.0. The highest BCUT2D eigenvalue weighted by atomic mass is 127. The molecule has 0 radical (unpaired) electrons. The second-order valence-corrected chi connectivity index (χ2v) is 5.61. The first-order valence-electron chi connectivity index (χ1n) is 8.01. The summed E-state index contributed by atoms with van der Waals surface area (Å²) in [6, 6.07) is 11.2. The van der Waals surface area contributed by atoms with Crippen LogP contribution in [0.1, 0.15) is 16.7 Å². The number of aliphatic imine (C=N–C) groups is 1. The third kappa shape index (κ3) is 8.46. The fourth-order valence-electron chi connectivity index (χ4n) is 2.19. The van der Waals surface area contributed by atoms with Crippen LogP contribution in [0.2, 0.25) is 0 Å². The highest BCUT2D eigenvalue weighted by molar-refractivity contribution is 14.0. The van der Waals surface area contributed by atoms with E-state index in [1.54, 1.807) is 13.1 Å². The van der Waals surface area contributed by atoms with Crippen LogP contribution in [-0.2, 0) is 13.1 Å². The predicted molar refractivity (Wildman–Crippen MR) is 109 cm³/mol. The van der Waals surface area contributed by atoms with E-state index in [0.717, 1.165) is 11.1 Å². The van der Waals surface area contributed by atoms with Gasteiger partial charge < -0.3 is 15.4 Å². The maximum atomic E-state index is 12.2. The third-order valence-corrected chi connectivity index (χ3v) is 3.57. The fraction of sp³-hybridized carbons (Fsp3) is 0.333. The smallest absolute Gasteiger partial charge is 0.422 e. The van der Waals surface area contributed by atoms with Crippen LogP contribution in [-0.4, -0.2) is 30.8 Å². The Balaban J connectivity index is 0.00000364. The zero-order valence-corrected chi connectivity index (χ0v) is 17.3. The van der Waals surface area contributed by atoms with Gasteiger partial charge in [0.05, 0.1) is 0 Å². The van der Waals surface area contributed by atoms with Gasteiger partial charge in [-0.05, 0) is 29.7 Å². The van der Waals surface area contributed by atoms with Crippen molar-refractivity contribution < 1.29 is 17.9 Å². The van der Waals surface area contributed by atoms with Crippen LogP contribution in [0.5, 0.6) is 5.88 Å². The molecule has 2 N–H and O–H groups in total. The van der Waals surface area contributed by atoms with Crippen LogP contribution in [0.25, 0.3) is 0 Å². The van der Waals surface area contributed by atoms with Gasteiger partial charge in [-0.25, -0.2) is 4.98 Å². The molecule has 1 aromatic carbocycles. The number of guanidine groups is 1. The summed E-state index contributed by atoms with van der Waals surface area (Å²) in [6.45, 7) is 1.66. The maximum Gasteiger partial charge on any atom is 0.422 e. The number of aromatic nitrogens is 1. The molecule has 0 aliphatic carbocycles. The molecule has 9 heteroatoms. The molecule has 0 saturated carbocycles. The van der Waals surface area contributed by atoms with E-state index >= 15 is 0 Å². The molecule has 2 aromatic rings. The lowest BCUT2D eigenvalue weighted by Gasteiger charge is -2.14. The van der Waals surface area contributed by atoms with Crippen molar-refractivity contribution >= 4 is 29.9 Å². The van der Waals surface area contributed by atoms with Crippen molar-refractivity contribution in [2.24, 2.45) is 4.99 Å². The molecule has 2 rings (SSSR count). The Bertz CT molecular complexity index is 753. The van der Waals surface area contributed by atoms with Gasteiger partial charge in [-0.3, -0.25) is 4.99 Å². The van der Waals surface area contributed by atoms with Gasteiger partial charge in [0.15, 0.2) is 12.6 Å². The van der Waals surface area contributed by atoms with Gasteiger partial charge in [0.2, 0.25) is 5.88 Å². The van der Waals surface area contributed by atoms with Crippen molar-refractivity contribution in [3.8, 4) is 5.88 Å². The molecule has 1 heterocycles. The first-order valence-corrected chi connectivity index (χ1v) is 8.01. The Labute approximate surface area is 173 Å². The van der Waals surface area contributed by atoms with E-state index in [1.807, 2.05) is 31.2 Å². The summed E-state index contributed by atoms with van der Waals surface area (Å²) >= 11 is 0. The van der Waals surface area contributed by atoms with Crippen LogP contribution in [0, 0.1) is 6.92 Å². The minimum Gasteiger partial charge on any atom is -0.468 e. The summed E-state index contributed by atoms with van der Waals surface area (Å²) in [4.78, 5) is 7.92. The average molecular weight is 494 g/mol. The first kappa shape index (κ1) is 23.0. The average Bonchev–Trinajstić information content (AvgIpc) is 2.61. The van der Waals surface area contributed by atoms with E-state index in [0.29, 0.717) is 19.0 Å². The van der Waals surface area contributed by atoms with Crippen molar-refractivity contribution in [3.05, 3.63) is 59.3 Å². The minimum atomic E-state index is -4.39. The summed E-state index contributed by atoms with van der Waals surface area (Å²) in [5.74, 6) is 0.521.